The van der Waals surface area contributed by atoms with Gasteiger partial charge in [0.05, 0.1) is 11.5 Å². The predicted molar refractivity (Wildman–Crippen MR) is 76.5 cm³/mol. The first-order valence-electron chi connectivity index (χ1n) is 6.63. The molecule has 0 unspecified atom stereocenters. The van der Waals surface area contributed by atoms with Crippen LogP contribution in [0.25, 0.3) is 0 Å². The topological polar surface area (TPSA) is 27.0 Å². The van der Waals surface area contributed by atoms with Gasteiger partial charge in [0.1, 0.15) is 5.82 Å². The first-order valence-corrected chi connectivity index (χ1v) is 7.62. The van der Waals surface area contributed by atoms with E-state index in [2.05, 4.69) is 11.0 Å². The molecule has 102 valence electrons. The highest BCUT2D eigenvalue weighted by molar-refractivity contribution is 7.99. The van der Waals surface area contributed by atoms with Gasteiger partial charge in [-0.15, -0.1) is 11.8 Å². The van der Waals surface area contributed by atoms with Crippen molar-refractivity contribution in [2.45, 2.75) is 24.7 Å². The maximum atomic E-state index is 12.7. The molecule has 0 amide bonds. The Hall–Kier alpha value is -1.05. The Morgan fingerprint density at radius 3 is 2.63 bits per heavy atom. The fourth-order valence-corrected chi connectivity index (χ4v) is 3.24. The summed E-state index contributed by atoms with van der Waals surface area (Å²) in [6, 6.07) is 9.02. The smallest absolute Gasteiger partial charge is 0.123 e. The minimum Gasteiger partial charge on any atom is -0.300 e. The average molecular weight is 278 g/mol. The molecular weight excluding hydrogens is 259 g/mol. The van der Waals surface area contributed by atoms with Gasteiger partial charge in [-0.25, -0.2) is 4.39 Å². The predicted octanol–water partition coefficient (Wildman–Crippen LogP) is 3.54. The summed E-state index contributed by atoms with van der Waals surface area (Å²) >= 11 is 1.77. The van der Waals surface area contributed by atoms with Crippen molar-refractivity contribution in [1.82, 2.24) is 4.90 Å². The number of thioether (sulfide) groups is 1. The van der Waals surface area contributed by atoms with Crippen LogP contribution in [0.1, 0.15) is 19.8 Å². The van der Waals surface area contributed by atoms with Gasteiger partial charge in [0.2, 0.25) is 0 Å². The zero-order valence-electron chi connectivity index (χ0n) is 11.2. The van der Waals surface area contributed by atoms with E-state index in [9.17, 15) is 4.39 Å². The normalized spacial score (nSPS) is 17.7. The molecule has 1 aliphatic rings. The third-order valence-electron chi connectivity index (χ3n) is 3.37. The molecule has 0 aliphatic carbocycles. The largest absolute Gasteiger partial charge is 0.300 e. The summed E-state index contributed by atoms with van der Waals surface area (Å²) in [6.07, 6.45) is 2.32. The van der Waals surface area contributed by atoms with Crippen LogP contribution in [-0.4, -0.2) is 30.3 Å². The van der Waals surface area contributed by atoms with E-state index < -0.39 is 0 Å². The molecule has 0 spiro atoms. The van der Waals surface area contributed by atoms with Crippen molar-refractivity contribution >= 4 is 11.8 Å². The Balaban J connectivity index is 1.54. The number of likely N-dealkylation sites (tertiary alicyclic amines) is 1. The summed E-state index contributed by atoms with van der Waals surface area (Å²) in [4.78, 5) is 3.47. The second-order valence-electron chi connectivity index (χ2n) is 5.39. The number of benzene rings is 1. The molecule has 4 heteroatoms. The second-order valence-corrected chi connectivity index (χ2v) is 6.56. The number of rotatable bonds is 6. The zero-order valence-corrected chi connectivity index (χ0v) is 12.0. The van der Waals surface area contributed by atoms with Crippen molar-refractivity contribution < 1.29 is 4.39 Å². The van der Waals surface area contributed by atoms with Crippen molar-refractivity contribution in [1.29, 1.82) is 5.26 Å². The van der Waals surface area contributed by atoms with E-state index >= 15 is 0 Å². The number of unbranched alkanes of at least 4 members (excludes halogenated alkanes) is 1. The molecule has 1 aromatic carbocycles. The van der Waals surface area contributed by atoms with Crippen LogP contribution in [-0.2, 0) is 0 Å². The lowest BCUT2D eigenvalue weighted by Gasteiger charge is -2.43. The van der Waals surface area contributed by atoms with E-state index in [1.807, 2.05) is 19.1 Å². The van der Waals surface area contributed by atoms with E-state index in [1.165, 1.54) is 12.1 Å². The lowest BCUT2D eigenvalue weighted by atomic mass is 9.84. The Bertz CT molecular complexity index is 446. The maximum Gasteiger partial charge on any atom is 0.123 e. The van der Waals surface area contributed by atoms with Crippen LogP contribution in [0, 0.1) is 22.6 Å². The van der Waals surface area contributed by atoms with Crippen LogP contribution in [0.4, 0.5) is 4.39 Å². The minimum atomic E-state index is -0.178. The Morgan fingerprint density at radius 1 is 1.32 bits per heavy atom. The van der Waals surface area contributed by atoms with Crippen LogP contribution in [0.2, 0.25) is 0 Å². The van der Waals surface area contributed by atoms with Gasteiger partial charge < -0.3 is 4.90 Å². The molecule has 0 radical (unpaired) electrons. The van der Waals surface area contributed by atoms with E-state index in [0.29, 0.717) is 0 Å². The molecule has 1 aliphatic heterocycles. The number of nitrogens with zero attached hydrogens (tertiary/aromatic N) is 2. The second kappa shape index (κ2) is 6.40. The molecule has 19 heavy (non-hydrogen) atoms. The SMILES string of the molecule is CC1(C#N)CN(CCCCSc2ccc(F)cc2)C1. The molecule has 0 bridgehead atoms. The lowest BCUT2D eigenvalue weighted by molar-refractivity contribution is 0.0595. The van der Waals surface area contributed by atoms with E-state index in [1.54, 1.807) is 11.8 Å². The third kappa shape index (κ3) is 4.22. The Kier molecular flexibility index (Phi) is 4.84. The van der Waals surface area contributed by atoms with E-state index in [-0.39, 0.29) is 11.2 Å². The van der Waals surface area contributed by atoms with Gasteiger partial charge in [-0.1, -0.05) is 0 Å². The first-order chi connectivity index (χ1) is 9.11. The van der Waals surface area contributed by atoms with Crippen molar-refractivity contribution in [2.75, 3.05) is 25.4 Å². The lowest BCUT2D eigenvalue weighted by Crippen LogP contribution is -2.53. The molecule has 0 saturated carbocycles. The molecule has 0 atom stereocenters. The van der Waals surface area contributed by atoms with E-state index in [0.717, 1.165) is 43.1 Å². The van der Waals surface area contributed by atoms with Gasteiger partial charge in [0.15, 0.2) is 0 Å². The minimum absolute atomic E-state index is 0.108. The summed E-state index contributed by atoms with van der Waals surface area (Å²) in [5, 5.41) is 8.91. The summed E-state index contributed by atoms with van der Waals surface area (Å²) in [7, 11) is 0. The van der Waals surface area contributed by atoms with Gasteiger partial charge in [0.25, 0.3) is 0 Å². The van der Waals surface area contributed by atoms with Crippen molar-refractivity contribution in [3.05, 3.63) is 30.1 Å². The highest BCUT2D eigenvalue weighted by Gasteiger charge is 2.38. The zero-order chi connectivity index (χ0) is 13.7. The number of nitriles is 1. The van der Waals surface area contributed by atoms with Crippen molar-refractivity contribution in [3.63, 3.8) is 0 Å². The van der Waals surface area contributed by atoms with Gasteiger partial charge in [0, 0.05) is 18.0 Å². The first kappa shape index (κ1) is 14.4. The molecule has 2 nitrogen and oxygen atoms in total. The molecule has 0 aromatic heterocycles. The molecule has 2 rings (SSSR count). The van der Waals surface area contributed by atoms with Gasteiger partial charge in [-0.2, -0.15) is 5.26 Å². The van der Waals surface area contributed by atoms with Crippen LogP contribution in [0.3, 0.4) is 0 Å². The van der Waals surface area contributed by atoms with E-state index in [4.69, 9.17) is 5.26 Å². The van der Waals surface area contributed by atoms with Crippen LogP contribution in [0.15, 0.2) is 29.2 Å². The maximum absolute atomic E-state index is 12.7. The monoisotopic (exact) mass is 278 g/mol. The third-order valence-corrected chi connectivity index (χ3v) is 4.46. The summed E-state index contributed by atoms with van der Waals surface area (Å²) in [5.41, 5.74) is -0.108. The standard InChI is InChI=1S/C15H19FN2S/c1-15(10-17)11-18(12-15)8-2-3-9-19-14-6-4-13(16)5-7-14/h4-7H,2-3,8-9,11-12H2,1H3. The van der Waals surface area contributed by atoms with Gasteiger partial charge >= 0.3 is 0 Å². The van der Waals surface area contributed by atoms with Gasteiger partial charge in [-0.3, -0.25) is 0 Å². The quantitative estimate of drug-likeness (QED) is 0.588. The highest BCUT2D eigenvalue weighted by atomic mass is 32.2. The molecule has 1 fully saturated rings. The Labute approximate surface area is 118 Å². The number of hydrogen-bond acceptors (Lipinski definition) is 3. The summed E-state index contributed by atoms with van der Waals surface area (Å²) < 4.78 is 12.7. The van der Waals surface area contributed by atoms with Crippen LogP contribution < -0.4 is 0 Å². The van der Waals surface area contributed by atoms with Crippen molar-refractivity contribution in [3.8, 4) is 6.07 Å². The summed E-state index contributed by atoms with van der Waals surface area (Å²) in [6.45, 7) is 4.93. The summed E-state index contributed by atoms with van der Waals surface area (Å²) in [5.74, 6) is 0.886. The molecule has 1 heterocycles. The number of halogens is 1. The fourth-order valence-electron chi connectivity index (χ4n) is 2.33. The molecule has 0 N–H and O–H groups in total. The molecular formula is C15H19FN2S. The fraction of sp³-hybridized carbons (Fsp3) is 0.533. The van der Waals surface area contributed by atoms with Crippen molar-refractivity contribution in [2.24, 2.45) is 5.41 Å². The molecule has 1 saturated heterocycles. The molecule has 1 aromatic rings. The number of hydrogen-bond donors (Lipinski definition) is 0. The highest BCUT2D eigenvalue weighted by Crippen LogP contribution is 2.28. The average Bonchev–Trinajstić information content (AvgIpc) is 2.38. The Morgan fingerprint density at radius 2 is 2.00 bits per heavy atom. The van der Waals surface area contributed by atoms with Crippen LogP contribution in [0.5, 0.6) is 0 Å². The van der Waals surface area contributed by atoms with Crippen LogP contribution >= 0.6 is 11.8 Å². The van der Waals surface area contributed by atoms with Gasteiger partial charge in [-0.05, 0) is 56.3 Å².